The maximum Gasteiger partial charge on any atom is 0.230 e. The number of pyridine rings is 1. The van der Waals surface area contributed by atoms with Gasteiger partial charge >= 0.3 is 0 Å². The lowest BCUT2D eigenvalue weighted by molar-refractivity contribution is -0.150. The van der Waals surface area contributed by atoms with Gasteiger partial charge in [0.25, 0.3) is 0 Å². The monoisotopic (exact) mass is 417 g/mol. The molecule has 0 radical (unpaired) electrons. The van der Waals surface area contributed by atoms with Gasteiger partial charge in [0.15, 0.2) is 0 Å². The Labute approximate surface area is 180 Å². The molecule has 2 aromatic rings. The van der Waals surface area contributed by atoms with Crippen molar-refractivity contribution in [1.29, 1.82) is 0 Å². The standard InChI is InChI=1S/C24H23N3O4/c28-22(26-13-18(14-26)30-17-6-2-1-3-7-17)20-19-8-9-24(31-19)15-27(23(29)21(20)24)12-16-5-4-10-25-11-16/h1-11,18-21H,12-15H2/t19-,20+,21-,24-/m0/s1. The SMILES string of the molecule is O=C([C@@H]1[C@@H]2C=C[C@@]3(CN(Cc4cccnc4)C(=O)[C@H]13)O2)N1CC(Oc2ccccc2)C1. The van der Waals surface area contributed by atoms with E-state index in [1.807, 2.05) is 54.6 Å². The Bertz CT molecular complexity index is 1040. The van der Waals surface area contributed by atoms with E-state index in [1.54, 1.807) is 22.2 Å². The van der Waals surface area contributed by atoms with E-state index in [0.717, 1.165) is 11.3 Å². The molecule has 3 saturated heterocycles. The number of fused-ring (bicyclic) bond motifs is 1. The normalized spacial score (nSPS) is 31.1. The first kappa shape index (κ1) is 18.6. The number of aromatic nitrogens is 1. The molecule has 158 valence electrons. The highest BCUT2D eigenvalue weighted by Gasteiger charge is 2.67. The van der Waals surface area contributed by atoms with Crippen LogP contribution in [0.1, 0.15) is 5.56 Å². The fourth-order valence-corrected chi connectivity index (χ4v) is 5.30. The van der Waals surface area contributed by atoms with Gasteiger partial charge in [-0.25, -0.2) is 0 Å². The minimum Gasteiger partial charge on any atom is -0.487 e. The maximum absolute atomic E-state index is 13.3. The molecule has 3 fully saturated rings. The van der Waals surface area contributed by atoms with Gasteiger partial charge in [-0.05, 0) is 23.8 Å². The molecule has 1 aromatic carbocycles. The molecule has 4 aliphatic rings. The topological polar surface area (TPSA) is 72.0 Å². The van der Waals surface area contributed by atoms with Crippen molar-refractivity contribution in [2.75, 3.05) is 19.6 Å². The third-order valence-electron chi connectivity index (χ3n) is 6.77. The smallest absolute Gasteiger partial charge is 0.230 e. The zero-order chi connectivity index (χ0) is 21.0. The van der Waals surface area contributed by atoms with Crippen molar-refractivity contribution in [3.63, 3.8) is 0 Å². The number of nitrogens with zero attached hydrogens (tertiary/aromatic N) is 3. The molecule has 0 aliphatic carbocycles. The molecule has 4 aliphatic heterocycles. The van der Waals surface area contributed by atoms with Crippen LogP contribution in [0.3, 0.4) is 0 Å². The quantitative estimate of drug-likeness (QED) is 0.692. The van der Waals surface area contributed by atoms with E-state index in [1.165, 1.54) is 0 Å². The summed E-state index contributed by atoms with van der Waals surface area (Å²) < 4.78 is 12.2. The van der Waals surface area contributed by atoms with Crippen LogP contribution in [0.25, 0.3) is 0 Å². The molecule has 0 saturated carbocycles. The van der Waals surface area contributed by atoms with E-state index in [0.29, 0.717) is 26.2 Å². The molecule has 1 aromatic heterocycles. The van der Waals surface area contributed by atoms with E-state index in [9.17, 15) is 9.59 Å². The summed E-state index contributed by atoms with van der Waals surface area (Å²) >= 11 is 0. The van der Waals surface area contributed by atoms with Gasteiger partial charge in [-0.3, -0.25) is 14.6 Å². The molecule has 4 atom stereocenters. The van der Waals surface area contributed by atoms with Crippen LogP contribution < -0.4 is 4.74 Å². The van der Waals surface area contributed by atoms with E-state index < -0.39 is 17.4 Å². The molecule has 1 spiro atoms. The highest BCUT2D eigenvalue weighted by atomic mass is 16.5. The van der Waals surface area contributed by atoms with Crippen LogP contribution in [0.5, 0.6) is 5.75 Å². The average Bonchev–Trinajstić information content (AvgIpc) is 3.40. The third kappa shape index (κ3) is 2.95. The van der Waals surface area contributed by atoms with E-state index in [2.05, 4.69) is 4.98 Å². The maximum atomic E-state index is 13.3. The lowest BCUT2D eigenvalue weighted by Gasteiger charge is -2.41. The number of rotatable bonds is 5. The molecule has 2 bridgehead atoms. The minimum atomic E-state index is -0.685. The molecule has 2 amide bonds. The first-order valence-corrected chi connectivity index (χ1v) is 10.7. The van der Waals surface area contributed by atoms with Crippen LogP contribution in [-0.4, -0.2) is 64.0 Å². The molecule has 31 heavy (non-hydrogen) atoms. The van der Waals surface area contributed by atoms with Gasteiger partial charge < -0.3 is 19.3 Å². The third-order valence-corrected chi connectivity index (χ3v) is 6.77. The highest BCUT2D eigenvalue weighted by molar-refractivity contribution is 5.93. The molecule has 7 nitrogen and oxygen atoms in total. The Morgan fingerprint density at radius 3 is 2.81 bits per heavy atom. The number of likely N-dealkylation sites (tertiary alicyclic amines) is 2. The van der Waals surface area contributed by atoms with Gasteiger partial charge in [-0.15, -0.1) is 0 Å². The Kier molecular flexibility index (Phi) is 4.14. The minimum absolute atomic E-state index is 0.00772. The zero-order valence-electron chi connectivity index (χ0n) is 17.0. The van der Waals surface area contributed by atoms with Gasteiger partial charge in [0.1, 0.15) is 17.5 Å². The highest BCUT2D eigenvalue weighted by Crippen LogP contribution is 2.52. The van der Waals surface area contributed by atoms with Gasteiger partial charge in [-0.2, -0.15) is 0 Å². The number of para-hydroxylation sites is 1. The van der Waals surface area contributed by atoms with Crippen LogP contribution in [0.4, 0.5) is 0 Å². The van der Waals surface area contributed by atoms with Crippen molar-refractivity contribution in [3.05, 3.63) is 72.6 Å². The fraction of sp³-hybridized carbons (Fsp3) is 0.375. The van der Waals surface area contributed by atoms with Crippen molar-refractivity contribution in [1.82, 2.24) is 14.8 Å². The molecular weight excluding hydrogens is 394 g/mol. The number of amides is 2. The second kappa shape index (κ2) is 6.92. The first-order chi connectivity index (χ1) is 15.1. The Hall–Kier alpha value is -3.19. The predicted molar refractivity (Wildman–Crippen MR) is 111 cm³/mol. The summed E-state index contributed by atoms with van der Waals surface area (Å²) in [6.07, 6.45) is 7.09. The number of benzene rings is 1. The summed E-state index contributed by atoms with van der Waals surface area (Å²) in [6.45, 7) is 2.02. The second-order valence-electron chi connectivity index (χ2n) is 8.75. The number of hydrogen-bond donors (Lipinski definition) is 0. The van der Waals surface area contributed by atoms with Gasteiger partial charge in [0, 0.05) is 18.9 Å². The summed E-state index contributed by atoms with van der Waals surface area (Å²) in [5.41, 5.74) is 0.284. The van der Waals surface area contributed by atoms with Crippen molar-refractivity contribution in [2.24, 2.45) is 11.8 Å². The van der Waals surface area contributed by atoms with Crippen molar-refractivity contribution in [2.45, 2.75) is 24.4 Å². The number of ether oxygens (including phenoxy) is 2. The van der Waals surface area contributed by atoms with Crippen molar-refractivity contribution < 1.29 is 19.1 Å². The molecule has 5 heterocycles. The average molecular weight is 417 g/mol. The number of carbonyl (C=O) groups is 2. The van der Waals surface area contributed by atoms with E-state index in [-0.39, 0.29) is 24.0 Å². The molecular formula is C24H23N3O4. The fourth-order valence-electron chi connectivity index (χ4n) is 5.30. The lowest BCUT2D eigenvalue weighted by Crippen LogP contribution is -2.59. The summed E-state index contributed by atoms with van der Waals surface area (Å²) in [5.74, 6) is -0.131. The van der Waals surface area contributed by atoms with Gasteiger partial charge in [0.2, 0.25) is 11.8 Å². The van der Waals surface area contributed by atoms with Crippen LogP contribution >= 0.6 is 0 Å². The number of hydrogen-bond acceptors (Lipinski definition) is 5. The summed E-state index contributed by atoms with van der Waals surface area (Å²) in [6, 6.07) is 13.4. The van der Waals surface area contributed by atoms with E-state index in [4.69, 9.17) is 9.47 Å². The molecule has 0 unspecified atom stereocenters. The molecule has 0 N–H and O–H groups in total. The Morgan fingerprint density at radius 2 is 2.03 bits per heavy atom. The van der Waals surface area contributed by atoms with E-state index >= 15 is 0 Å². The van der Waals surface area contributed by atoms with Crippen molar-refractivity contribution in [3.8, 4) is 5.75 Å². The predicted octanol–water partition coefficient (Wildman–Crippen LogP) is 1.65. The zero-order valence-corrected chi connectivity index (χ0v) is 17.0. The van der Waals surface area contributed by atoms with Crippen LogP contribution in [0.15, 0.2) is 67.0 Å². The largest absolute Gasteiger partial charge is 0.487 e. The summed E-state index contributed by atoms with van der Waals surface area (Å²) in [7, 11) is 0. The van der Waals surface area contributed by atoms with Gasteiger partial charge in [0.05, 0.1) is 37.6 Å². The Morgan fingerprint density at radius 1 is 1.19 bits per heavy atom. The second-order valence-corrected chi connectivity index (χ2v) is 8.75. The first-order valence-electron chi connectivity index (χ1n) is 10.7. The summed E-state index contributed by atoms with van der Waals surface area (Å²) in [5, 5.41) is 0. The van der Waals surface area contributed by atoms with Crippen LogP contribution in [0.2, 0.25) is 0 Å². The van der Waals surface area contributed by atoms with Crippen LogP contribution in [0, 0.1) is 11.8 Å². The Balaban J connectivity index is 1.15. The lowest BCUT2D eigenvalue weighted by atomic mass is 9.76. The van der Waals surface area contributed by atoms with Gasteiger partial charge in [-0.1, -0.05) is 36.4 Å². The van der Waals surface area contributed by atoms with Crippen molar-refractivity contribution >= 4 is 11.8 Å². The number of carbonyl (C=O) groups excluding carboxylic acids is 2. The summed E-state index contributed by atoms with van der Waals surface area (Å²) in [4.78, 5) is 34.4. The molecule has 7 heteroatoms. The van der Waals surface area contributed by atoms with Crippen LogP contribution in [-0.2, 0) is 20.9 Å². The molecule has 6 rings (SSSR count).